The molecule has 1 aromatic heterocycles. The minimum absolute atomic E-state index is 0.481. The fourth-order valence-electron chi connectivity index (χ4n) is 2.02. The Kier molecular flexibility index (Phi) is 8.12. The van der Waals surface area contributed by atoms with Crippen LogP contribution >= 0.6 is 23.1 Å². The molecule has 0 aliphatic heterocycles. The fraction of sp³-hybridized carbons (Fsp3) is 0.444. The average Bonchev–Trinajstić information content (AvgIpc) is 3.06. The number of nitrogens with zero attached hydrogens (tertiary/aromatic N) is 2. The molecule has 0 unspecified atom stereocenters. The molecule has 2 aromatic rings. The highest BCUT2D eigenvalue weighted by Gasteiger charge is 2.05. The van der Waals surface area contributed by atoms with Crippen molar-refractivity contribution in [3.63, 3.8) is 0 Å². The van der Waals surface area contributed by atoms with Crippen LogP contribution in [0.3, 0.4) is 0 Å². The molecule has 0 radical (unpaired) electrons. The van der Waals surface area contributed by atoms with Crippen molar-refractivity contribution in [2.45, 2.75) is 38.1 Å². The molecule has 1 aromatic carbocycles. The highest BCUT2D eigenvalue weighted by molar-refractivity contribution is 7.99. The van der Waals surface area contributed by atoms with Gasteiger partial charge in [-0.2, -0.15) is 0 Å². The Morgan fingerprint density at radius 3 is 2.71 bits per heavy atom. The number of thiazole rings is 1. The summed E-state index contributed by atoms with van der Waals surface area (Å²) in [6.45, 7) is 8.76. The third kappa shape index (κ3) is 6.53. The number of hydrogen-bond acceptors (Lipinski definition) is 4. The zero-order valence-electron chi connectivity index (χ0n) is 14.6. The van der Waals surface area contributed by atoms with E-state index in [9.17, 15) is 0 Å². The van der Waals surface area contributed by atoms with Crippen LogP contribution in [-0.2, 0) is 6.54 Å². The van der Waals surface area contributed by atoms with Crippen molar-refractivity contribution in [3.05, 3.63) is 46.4 Å². The van der Waals surface area contributed by atoms with Gasteiger partial charge in [0.2, 0.25) is 0 Å². The molecule has 0 atom stereocenters. The van der Waals surface area contributed by atoms with Crippen molar-refractivity contribution < 1.29 is 0 Å². The highest BCUT2D eigenvalue weighted by atomic mass is 32.2. The predicted octanol–water partition coefficient (Wildman–Crippen LogP) is 4.11. The number of rotatable bonds is 8. The third-order valence-corrected chi connectivity index (χ3v) is 5.42. The molecule has 0 bridgehead atoms. The zero-order valence-corrected chi connectivity index (χ0v) is 16.2. The first kappa shape index (κ1) is 18.8. The van der Waals surface area contributed by atoms with Gasteiger partial charge in [-0.3, -0.25) is 0 Å². The number of nitrogens with one attached hydrogen (secondary N) is 2. The molecule has 1 heterocycles. The molecule has 0 aliphatic carbocycles. The summed E-state index contributed by atoms with van der Waals surface area (Å²) in [6.07, 6.45) is 0. The van der Waals surface area contributed by atoms with Crippen molar-refractivity contribution in [2.75, 3.05) is 18.8 Å². The van der Waals surface area contributed by atoms with Gasteiger partial charge < -0.3 is 10.6 Å². The van der Waals surface area contributed by atoms with Gasteiger partial charge >= 0.3 is 0 Å². The number of benzene rings is 1. The first-order valence-electron chi connectivity index (χ1n) is 8.33. The summed E-state index contributed by atoms with van der Waals surface area (Å²) >= 11 is 3.56. The molecule has 130 valence electrons. The van der Waals surface area contributed by atoms with Crippen LogP contribution in [0, 0.1) is 0 Å². The van der Waals surface area contributed by atoms with E-state index in [0.29, 0.717) is 12.5 Å². The molecular formula is C18H26N4S2. The molecule has 6 heteroatoms. The van der Waals surface area contributed by atoms with Gasteiger partial charge in [0.1, 0.15) is 0 Å². The molecule has 0 spiro atoms. The first-order valence-corrected chi connectivity index (χ1v) is 10.2. The smallest absolute Gasteiger partial charge is 0.191 e. The predicted molar refractivity (Wildman–Crippen MR) is 106 cm³/mol. The number of hydrogen-bond donors (Lipinski definition) is 2. The summed E-state index contributed by atoms with van der Waals surface area (Å²) in [5.41, 5.74) is 1.04. The van der Waals surface area contributed by atoms with Gasteiger partial charge in [0.05, 0.1) is 17.2 Å². The van der Waals surface area contributed by atoms with Gasteiger partial charge in [0.25, 0.3) is 0 Å². The van der Waals surface area contributed by atoms with E-state index in [0.717, 1.165) is 30.5 Å². The lowest BCUT2D eigenvalue weighted by molar-refractivity contribution is 0.821. The highest BCUT2D eigenvalue weighted by Crippen LogP contribution is 2.19. The van der Waals surface area contributed by atoms with Crippen LogP contribution in [-0.4, -0.2) is 29.8 Å². The van der Waals surface area contributed by atoms with Crippen molar-refractivity contribution in [3.8, 4) is 0 Å². The maximum absolute atomic E-state index is 4.63. The fourth-order valence-corrected chi connectivity index (χ4v) is 3.63. The third-order valence-electron chi connectivity index (χ3n) is 3.21. The summed E-state index contributed by atoms with van der Waals surface area (Å²) in [4.78, 5) is 10.6. The van der Waals surface area contributed by atoms with E-state index in [-0.39, 0.29) is 0 Å². The van der Waals surface area contributed by atoms with E-state index >= 15 is 0 Å². The second-order valence-corrected chi connectivity index (χ2v) is 7.67. The molecule has 0 fully saturated rings. The normalized spacial score (nSPS) is 11.8. The monoisotopic (exact) mass is 362 g/mol. The molecule has 0 saturated carbocycles. The Bertz CT molecular complexity index is 623. The standard InChI is InChI=1S/C18H26N4S2/c1-4-19-18(20-10-11-23-16-8-6-5-7-9-16)21-12-15-13-24-17(22-15)14(2)3/h5-9,13-14H,4,10-12H2,1-3H3,(H2,19,20,21). The second-order valence-electron chi connectivity index (χ2n) is 5.62. The van der Waals surface area contributed by atoms with Crippen LogP contribution in [0.25, 0.3) is 0 Å². The Labute approximate surface area is 153 Å². The van der Waals surface area contributed by atoms with E-state index in [1.54, 1.807) is 11.3 Å². The van der Waals surface area contributed by atoms with Crippen LogP contribution in [0.1, 0.15) is 37.4 Å². The topological polar surface area (TPSA) is 49.3 Å². The lowest BCUT2D eigenvalue weighted by Gasteiger charge is -2.10. The van der Waals surface area contributed by atoms with Crippen molar-refractivity contribution >= 4 is 29.1 Å². The van der Waals surface area contributed by atoms with E-state index in [1.807, 2.05) is 17.8 Å². The number of aromatic nitrogens is 1. The van der Waals surface area contributed by atoms with Crippen LogP contribution < -0.4 is 10.6 Å². The molecule has 0 aliphatic rings. The minimum Gasteiger partial charge on any atom is -0.357 e. The SMILES string of the molecule is CCNC(=NCc1csc(C(C)C)n1)NCCSc1ccccc1. The molecule has 2 rings (SSSR count). The number of guanidine groups is 1. The largest absolute Gasteiger partial charge is 0.357 e. The van der Waals surface area contributed by atoms with Crippen LogP contribution in [0.5, 0.6) is 0 Å². The molecule has 2 N–H and O–H groups in total. The van der Waals surface area contributed by atoms with E-state index in [4.69, 9.17) is 0 Å². The Balaban J connectivity index is 1.79. The Hall–Kier alpha value is -1.53. The molecule has 24 heavy (non-hydrogen) atoms. The van der Waals surface area contributed by atoms with Gasteiger partial charge in [-0.25, -0.2) is 9.98 Å². The molecular weight excluding hydrogens is 336 g/mol. The lowest BCUT2D eigenvalue weighted by Crippen LogP contribution is -2.38. The molecule has 4 nitrogen and oxygen atoms in total. The van der Waals surface area contributed by atoms with E-state index in [2.05, 4.69) is 71.0 Å². The maximum Gasteiger partial charge on any atom is 0.191 e. The first-order chi connectivity index (χ1) is 11.7. The Morgan fingerprint density at radius 2 is 2.04 bits per heavy atom. The number of thioether (sulfide) groups is 1. The van der Waals surface area contributed by atoms with Crippen LogP contribution in [0.15, 0.2) is 45.6 Å². The van der Waals surface area contributed by atoms with Crippen LogP contribution in [0.2, 0.25) is 0 Å². The van der Waals surface area contributed by atoms with Crippen LogP contribution in [0.4, 0.5) is 0 Å². The van der Waals surface area contributed by atoms with Gasteiger partial charge in [-0.1, -0.05) is 32.0 Å². The van der Waals surface area contributed by atoms with Crippen molar-refractivity contribution in [1.82, 2.24) is 15.6 Å². The summed E-state index contributed by atoms with van der Waals surface area (Å²) in [6, 6.07) is 10.5. The average molecular weight is 363 g/mol. The summed E-state index contributed by atoms with van der Waals surface area (Å²) < 4.78 is 0. The van der Waals surface area contributed by atoms with E-state index < -0.39 is 0 Å². The summed E-state index contributed by atoms with van der Waals surface area (Å²) in [5.74, 6) is 2.34. The maximum atomic E-state index is 4.63. The van der Waals surface area contributed by atoms with Gasteiger partial charge in [0.15, 0.2) is 5.96 Å². The van der Waals surface area contributed by atoms with E-state index in [1.165, 1.54) is 9.90 Å². The van der Waals surface area contributed by atoms with Crippen molar-refractivity contribution in [1.29, 1.82) is 0 Å². The lowest BCUT2D eigenvalue weighted by atomic mass is 10.2. The zero-order chi connectivity index (χ0) is 17.2. The number of aliphatic imine (C=N–C) groups is 1. The summed E-state index contributed by atoms with van der Waals surface area (Å²) in [5, 5.41) is 9.95. The second kappa shape index (κ2) is 10.4. The van der Waals surface area contributed by atoms with Gasteiger partial charge in [-0.05, 0) is 19.1 Å². The molecule has 0 amide bonds. The Morgan fingerprint density at radius 1 is 1.25 bits per heavy atom. The minimum atomic E-state index is 0.481. The van der Waals surface area contributed by atoms with Gasteiger partial charge in [-0.15, -0.1) is 23.1 Å². The van der Waals surface area contributed by atoms with Gasteiger partial charge in [0, 0.05) is 35.0 Å². The molecule has 0 saturated heterocycles. The quantitative estimate of drug-likeness (QED) is 0.321. The van der Waals surface area contributed by atoms with Crippen molar-refractivity contribution in [2.24, 2.45) is 4.99 Å². The summed E-state index contributed by atoms with van der Waals surface area (Å²) in [7, 11) is 0.